The van der Waals surface area contributed by atoms with Crippen LogP contribution >= 0.6 is 11.3 Å². The maximum absolute atomic E-state index is 12.0. The van der Waals surface area contributed by atoms with Gasteiger partial charge in [0.05, 0.1) is 0 Å². The van der Waals surface area contributed by atoms with Crippen LogP contribution in [0.4, 0.5) is 5.13 Å². The SMILES string of the molecule is CC(=CC(=O)Nc1nnc(-c2ccc(C(C)C)cc2)s1)C1CC1. The van der Waals surface area contributed by atoms with Crippen LogP contribution in [0.2, 0.25) is 0 Å². The first-order valence-corrected chi connectivity index (χ1v) is 8.77. The largest absolute Gasteiger partial charge is 0.297 e. The average molecular weight is 327 g/mol. The Hall–Kier alpha value is -2.01. The highest BCUT2D eigenvalue weighted by molar-refractivity contribution is 7.18. The van der Waals surface area contributed by atoms with E-state index in [9.17, 15) is 4.79 Å². The Kier molecular flexibility index (Phi) is 4.57. The summed E-state index contributed by atoms with van der Waals surface area (Å²) < 4.78 is 0. The summed E-state index contributed by atoms with van der Waals surface area (Å²) >= 11 is 1.40. The third kappa shape index (κ3) is 4.05. The van der Waals surface area contributed by atoms with Crippen molar-refractivity contribution in [2.45, 2.75) is 39.5 Å². The van der Waals surface area contributed by atoms with Crippen molar-refractivity contribution < 1.29 is 4.79 Å². The Labute approximate surface area is 140 Å². The van der Waals surface area contributed by atoms with Crippen molar-refractivity contribution in [1.29, 1.82) is 0 Å². The van der Waals surface area contributed by atoms with E-state index in [-0.39, 0.29) is 5.91 Å². The summed E-state index contributed by atoms with van der Waals surface area (Å²) in [7, 11) is 0. The molecular weight excluding hydrogens is 306 g/mol. The molecule has 0 atom stereocenters. The van der Waals surface area contributed by atoms with Gasteiger partial charge in [0.15, 0.2) is 0 Å². The summed E-state index contributed by atoms with van der Waals surface area (Å²) in [4.78, 5) is 12.0. The minimum absolute atomic E-state index is 0.118. The number of hydrogen-bond donors (Lipinski definition) is 1. The third-order valence-corrected chi connectivity index (χ3v) is 4.95. The highest BCUT2D eigenvalue weighted by Crippen LogP contribution is 2.36. The molecule has 0 radical (unpaired) electrons. The molecule has 3 rings (SSSR count). The number of benzene rings is 1. The van der Waals surface area contributed by atoms with Gasteiger partial charge in [-0.15, -0.1) is 10.2 Å². The number of nitrogens with zero attached hydrogens (tertiary/aromatic N) is 2. The first kappa shape index (κ1) is 15.9. The van der Waals surface area contributed by atoms with Crippen molar-refractivity contribution in [3.05, 3.63) is 41.5 Å². The minimum atomic E-state index is -0.118. The van der Waals surface area contributed by atoms with Crippen LogP contribution in [0, 0.1) is 5.92 Å². The summed E-state index contributed by atoms with van der Waals surface area (Å²) in [5.74, 6) is 0.993. The van der Waals surface area contributed by atoms with Crippen molar-refractivity contribution in [2.24, 2.45) is 5.92 Å². The molecule has 2 aromatic rings. The lowest BCUT2D eigenvalue weighted by Gasteiger charge is -2.04. The van der Waals surface area contributed by atoms with Gasteiger partial charge in [-0.05, 0) is 37.2 Å². The van der Waals surface area contributed by atoms with E-state index in [1.165, 1.54) is 29.7 Å². The van der Waals surface area contributed by atoms with Gasteiger partial charge < -0.3 is 0 Å². The van der Waals surface area contributed by atoms with Crippen LogP contribution in [-0.2, 0) is 4.79 Å². The van der Waals surface area contributed by atoms with Crippen LogP contribution in [0.25, 0.3) is 10.6 Å². The predicted molar refractivity (Wildman–Crippen MR) is 94.5 cm³/mol. The average Bonchev–Trinajstić information content (AvgIpc) is 3.28. The van der Waals surface area contributed by atoms with E-state index in [0.29, 0.717) is 17.0 Å². The van der Waals surface area contributed by atoms with E-state index in [1.54, 1.807) is 6.08 Å². The Bertz CT molecular complexity index is 727. The highest BCUT2D eigenvalue weighted by Gasteiger charge is 2.23. The maximum atomic E-state index is 12.0. The maximum Gasteiger partial charge on any atom is 0.250 e. The Morgan fingerprint density at radius 2 is 1.96 bits per heavy atom. The van der Waals surface area contributed by atoms with Gasteiger partial charge in [0.2, 0.25) is 11.0 Å². The van der Waals surface area contributed by atoms with Gasteiger partial charge >= 0.3 is 0 Å². The second-order valence-corrected chi connectivity index (χ2v) is 7.32. The number of rotatable bonds is 5. The highest BCUT2D eigenvalue weighted by atomic mass is 32.1. The number of carbonyl (C=O) groups is 1. The number of carbonyl (C=O) groups excluding carboxylic acids is 1. The molecule has 1 aliphatic rings. The van der Waals surface area contributed by atoms with Crippen molar-refractivity contribution in [1.82, 2.24) is 10.2 Å². The fourth-order valence-electron chi connectivity index (χ4n) is 2.41. The van der Waals surface area contributed by atoms with Gasteiger partial charge in [-0.3, -0.25) is 10.1 Å². The predicted octanol–water partition coefficient (Wildman–Crippen LogP) is 4.62. The first-order valence-electron chi connectivity index (χ1n) is 7.96. The number of amides is 1. The summed E-state index contributed by atoms with van der Waals surface area (Å²) in [6, 6.07) is 8.33. The Morgan fingerprint density at radius 3 is 2.57 bits per heavy atom. The van der Waals surface area contributed by atoms with Crippen molar-refractivity contribution in [2.75, 3.05) is 5.32 Å². The van der Waals surface area contributed by atoms with Crippen molar-refractivity contribution >= 4 is 22.4 Å². The molecule has 0 unspecified atom stereocenters. The van der Waals surface area contributed by atoms with Gasteiger partial charge in [0.25, 0.3) is 0 Å². The van der Waals surface area contributed by atoms with Crippen LogP contribution in [0.15, 0.2) is 35.9 Å². The van der Waals surface area contributed by atoms with Crippen LogP contribution in [0.3, 0.4) is 0 Å². The van der Waals surface area contributed by atoms with Gasteiger partial charge in [-0.25, -0.2) is 0 Å². The third-order valence-electron chi connectivity index (χ3n) is 4.06. The first-order chi connectivity index (χ1) is 11.0. The lowest BCUT2D eigenvalue weighted by Crippen LogP contribution is -2.08. The molecule has 120 valence electrons. The molecule has 4 nitrogen and oxygen atoms in total. The summed E-state index contributed by atoms with van der Waals surface area (Å²) in [6.07, 6.45) is 4.08. The zero-order valence-electron chi connectivity index (χ0n) is 13.7. The standard InChI is InChI=1S/C18H21N3OS/c1-11(2)13-4-8-15(9-5-13)17-20-21-18(23-17)19-16(22)10-12(3)14-6-7-14/h4-5,8-11,14H,6-7H2,1-3H3,(H,19,21,22). The molecule has 0 aliphatic heterocycles. The van der Waals surface area contributed by atoms with Gasteiger partial charge in [-0.1, -0.05) is 55.0 Å². The number of hydrogen-bond acceptors (Lipinski definition) is 4. The van der Waals surface area contributed by atoms with E-state index < -0.39 is 0 Å². The molecule has 0 saturated heterocycles. The molecule has 23 heavy (non-hydrogen) atoms. The normalized spacial score (nSPS) is 15.0. The molecule has 1 N–H and O–H groups in total. The summed E-state index contributed by atoms with van der Waals surface area (Å²) in [5.41, 5.74) is 3.47. The summed E-state index contributed by atoms with van der Waals surface area (Å²) in [6.45, 7) is 6.36. The summed E-state index contributed by atoms with van der Waals surface area (Å²) in [5, 5.41) is 12.4. The van der Waals surface area contributed by atoms with E-state index >= 15 is 0 Å². The van der Waals surface area contributed by atoms with E-state index in [2.05, 4.69) is 53.6 Å². The van der Waals surface area contributed by atoms with Crippen LogP contribution in [-0.4, -0.2) is 16.1 Å². The molecule has 0 spiro atoms. The van der Waals surface area contributed by atoms with Crippen LogP contribution in [0.1, 0.15) is 45.1 Å². The number of allylic oxidation sites excluding steroid dienone is 1. The Balaban J connectivity index is 1.67. The fourth-order valence-corrected chi connectivity index (χ4v) is 3.16. The van der Waals surface area contributed by atoms with Crippen LogP contribution < -0.4 is 5.32 Å². The lowest BCUT2D eigenvalue weighted by molar-refractivity contribution is -0.112. The monoisotopic (exact) mass is 327 g/mol. The van der Waals surface area contributed by atoms with Gasteiger partial charge in [0, 0.05) is 11.6 Å². The zero-order valence-corrected chi connectivity index (χ0v) is 14.5. The molecule has 1 amide bonds. The second-order valence-electron chi connectivity index (χ2n) is 6.34. The number of anilines is 1. The second kappa shape index (κ2) is 6.62. The van der Waals surface area contributed by atoms with Crippen molar-refractivity contribution in [3.8, 4) is 10.6 Å². The molecule has 5 heteroatoms. The Morgan fingerprint density at radius 1 is 1.26 bits per heavy atom. The molecule has 1 fully saturated rings. The van der Waals surface area contributed by atoms with Crippen LogP contribution in [0.5, 0.6) is 0 Å². The molecule has 1 aliphatic carbocycles. The quantitative estimate of drug-likeness (QED) is 0.815. The minimum Gasteiger partial charge on any atom is -0.297 e. The van der Waals surface area contributed by atoms with E-state index in [1.807, 2.05) is 6.92 Å². The smallest absolute Gasteiger partial charge is 0.250 e. The van der Waals surface area contributed by atoms with E-state index in [4.69, 9.17) is 0 Å². The zero-order chi connectivity index (χ0) is 16.4. The molecular formula is C18H21N3OS. The number of aromatic nitrogens is 2. The molecule has 1 aromatic carbocycles. The van der Waals surface area contributed by atoms with Crippen molar-refractivity contribution in [3.63, 3.8) is 0 Å². The number of nitrogens with one attached hydrogen (secondary N) is 1. The van der Waals surface area contributed by atoms with Gasteiger partial charge in [0.1, 0.15) is 5.01 Å². The van der Waals surface area contributed by atoms with E-state index in [0.717, 1.165) is 16.1 Å². The fraction of sp³-hybridized carbons (Fsp3) is 0.389. The lowest BCUT2D eigenvalue weighted by atomic mass is 10.0. The molecule has 1 saturated carbocycles. The van der Waals surface area contributed by atoms with Gasteiger partial charge in [-0.2, -0.15) is 0 Å². The molecule has 1 heterocycles. The molecule has 0 bridgehead atoms. The topological polar surface area (TPSA) is 54.9 Å². The molecule has 1 aromatic heterocycles.